The molecule has 0 spiro atoms. The first-order chi connectivity index (χ1) is 11.0. The predicted molar refractivity (Wildman–Crippen MR) is 96.5 cm³/mol. The summed E-state index contributed by atoms with van der Waals surface area (Å²) in [6.07, 6.45) is 3.52. The van der Waals surface area contributed by atoms with Crippen LogP contribution in [0, 0.1) is 6.92 Å². The van der Waals surface area contributed by atoms with Gasteiger partial charge in [-0.25, -0.2) is 0 Å². The molecule has 24 heavy (non-hydrogen) atoms. The summed E-state index contributed by atoms with van der Waals surface area (Å²) < 4.78 is 7.33. The second-order valence-electron chi connectivity index (χ2n) is 5.43. The number of amides is 1. The molecule has 7 heteroatoms. The fourth-order valence-corrected chi connectivity index (χ4v) is 2.42. The highest BCUT2D eigenvalue weighted by molar-refractivity contribution is 5.85. The number of hydrogen-bond donors (Lipinski definition) is 2. The number of halogens is 1. The van der Waals surface area contributed by atoms with E-state index in [0.29, 0.717) is 13.2 Å². The van der Waals surface area contributed by atoms with Crippen molar-refractivity contribution in [2.45, 2.75) is 26.4 Å². The molecule has 1 heterocycles. The maximum Gasteiger partial charge on any atom is 0.242 e. The monoisotopic (exact) mass is 352 g/mol. The van der Waals surface area contributed by atoms with Gasteiger partial charge in [-0.2, -0.15) is 5.10 Å². The molecule has 2 aromatic rings. The number of nitrogens with one attached hydrogen (secondary N) is 2. The molecule has 0 saturated carbocycles. The largest absolute Gasteiger partial charge is 0.494 e. The Morgan fingerprint density at radius 3 is 2.75 bits per heavy atom. The standard InChI is InChI=1S/C17H24N4O2.ClH/c1-5-23-15-8-12(2)6-7-13(15)9-19-17(22)16(18-3)14-10-20-21(4)11-14;/h6-8,10-11,16,18H,5,9H2,1-4H3,(H,19,22);1H. The van der Waals surface area contributed by atoms with Gasteiger partial charge >= 0.3 is 0 Å². The van der Waals surface area contributed by atoms with E-state index < -0.39 is 6.04 Å². The Labute approximate surface area is 149 Å². The predicted octanol–water partition coefficient (Wildman–Crippen LogP) is 2.13. The average Bonchev–Trinajstić information content (AvgIpc) is 2.94. The van der Waals surface area contributed by atoms with Crippen molar-refractivity contribution in [2.24, 2.45) is 7.05 Å². The van der Waals surface area contributed by atoms with Crippen LogP contribution < -0.4 is 15.4 Å². The Bertz CT molecular complexity index is 672. The summed E-state index contributed by atoms with van der Waals surface area (Å²) in [6, 6.07) is 5.56. The minimum Gasteiger partial charge on any atom is -0.494 e. The van der Waals surface area contributed by atoms with E-state index in [0.717, 1.165) is 22.4 Å². The van der Waals surface area contributed by atoms with Gasteiger partial charge < -0.3 is 15.4 Å². The molecule has 6 nitrogen and oxygen atoms in total. The summed E-state index contributed by atoms with van der Waals surface area (Å²) in [5.74, 6) is 0.721. The number of hydrogen-bond acceptors (Lipinski definition) is 4. The Morgan fingerprint density at radius 2 is 2.17 bits per heavy atom. The number of carbonyl (C=O) groups excluding carboxylic acids is 1. The summed E-state index contributed by atoms with van der Waals surface area (Å²) in [5.41, 5.74) is 2.93. The van der Waals surface area contributed by atoms with E-state index in [9.17, 15) is 4.79 Å². The molecule has 0 bridgehead atoms. The number of aromatic nitrogens is 2. The topological polar surface area (TPSA) is 68.2 Å². The summed E-state index contributed by atoms with van der Waals surface area (Å²) in [5, 5.41) is 10.1. The molecule has 1 unspecified atom stereocenters. The lowest BCUT2D eigenvalue weighted by Crippen LogP contribution is -2.35. The molecule has 0 fully saturated rings. The van der Waals surface area contributed by atoms with E-state index in [1.807, 2.05) is 45.3 Å². The molecular formula is C17H25ClN4O2. The van der Waals surface area contributed by atoms with Gasteiger partial charge in [0.15, 0.2) is 0 Å². The van der Waals surface area contributed by atoms with E-state index in [1.165, 1.54) is 0 Å². The first kappa shape index (κ1) is 20.0. The second-order valence-corrected chi connectivity index (χ2v) is 5.43. The highest BCUT2D eigenvalue weighted by Gasteiger charge is 2.20. The van der Waals surface area contributed by atoms with Crippen LogP contribution in [0.2, 0.25) is 0 Å². The maximum atomic E-state index is 12.4. The van der Waals surface area contributed by atoms with Gasteiger partial charge in [0.05, 0.1) is 12.8 Å². The zero-order chi connectivity index (χ0) is 16.8. The molecule has 0 aliphatic heterocycles. The normalized spacial score (nSPS) is 11.5. The minimum absolute atomic E-state index is 0. The van der Waals surface area contributed by atoms with Gasteiger partial charge in [0.25, 0.3) is 0 Å². The van der Waals surface area contributed by atoms with Crippen LogP contribution in [0.3, 0.4) is 0 Å². The smallest absolute Gasteiger partial charge is 0.242 e. The number of aryl methyl sites for hydroxylation is 2. The van der Waals surface area contributed by atoms with Crippen LogP contribution in [0.4, 0.5) is 0 Å². The Morgan fingerprint density at radius 1 is 1.42 bits per heavy atom. The van der Waals surface area contributed by atoms with Crippen molar-refractivity contribution < 1.29 is 9.53 Å². The van der Waals surface area contributed by atoms with Gasteiger partial charge in [-0.15, -0.1) is 12.4 Å². The van der Waals surface area contributed by atoms with Crippen molar-refractivity contribution in [1.29, 1.82) is 0 Å². The van der Waals surface area contributed by atoms with Gasteiger partial charge in [-0.1, -0.05) is 12.1 Å². The molecule has 2 rings (SSSR count). The zero-order valence-electron chi connectivity index (χ0n) is 14.5. The van der Waals surface area contributed by atoms with Crippen LogP contribution in [0.25, 0.3) is 0 Å². The molecule has 1 amide bonds. The fraction of sp³-hybridized carbons (Fsp3) is 0.412. The average molecular weight is 353 g/mol. The number of carbonyl (C=O) groups is 1. The molecule has 0 aliphatic rings. The van der Waals surface area contributed by atoms with E-state index in [-0.39, 0.29) is 18.3 Å². The van der Waals surface area contributed by atoms with Crippen molar-refractivity contribution in [3.8, 4) is 5.75 Å². The van der Waals surface area contributed by atoms with E-state index in [4.69, 9.17) is 4.74 Å². The molecule has 0 aliphatic carbocycles. The molecule has 1 aromatic heterocycles. The van der Waals surface area contributed by atoms with Crippen LogP contribution in [0.15, 0.2) is 30.6 Å². The second kappa shape index (κ2) is 9.30. The third kappa shape index (κ3) is 4.97. The highest BCUT2D eigenvalue weighted by atomic mass is 35.5. The SMILES string of the molecule is CCOc1cc(C)ccc1CNC(=O)C(NC)c1cnn(C)c1.Cl. The third-order valence-corrected chi connectivity index (χ3v) is 3.58. The quantitative estimate of drug-likeness (QED) is 0.801. The summed E-state index contributed by atoms with van der Waals surface area (Å²) >= 11 is 0. The fourth-order valence-electron chi connectivity index (χ4n) is 2.42. The first-order valence-electron chi connectivity index (χ1n) is 7.71. The summed E-state index contributed by atoms with van der Waals surface area (Å²) in [7, 11) is 3.59. The van der Waals surface area contributed by atoms with Gasteiger partial charge in [0.1, 0.15) is 11.8 Å². The van der Waals surface area contributed by atoms with Crippen molar-refractivity contribution in [3.05, 3.63) is 47.3 Å². The Hall–Kier alpha value is -2.05. The van der Waals surface area contributed by atoms with Crippen molar-refractivity contribution >= 4 is 18.3 Å². The highest BCUT2D eigenvalue weighted by Crippen LogP contribution is 2.20. The number of rotatable bonds is 7. The van der Waals surface area contributed by atoms with Crippen molar-refractivity contribution in [2.75, 3.05) is 13.7 Å². The van der Waals surface area contributed by atoms with Crippen LogP contribution >= 0.6 is 12.4 Å². The summed E-state index contributed by atoms with van der Waals surface area (Å²) in [4.78, 5) is 12.4. The maximum absolute atomic E-state index is 12.4. The van der Waals surface area contributed by atoms with Gasteiger partial charge in [-0.3, -0.25) is 9.48 Å². The van der Waals surface area contributed by atoms with Crippen molar-refractivity contribution in [3.63, 3.8) is 0 Å². The van der Waals surface area contributed by atoms with E-state index in [2.05, 4.69) is 15.7 Å². The van der Waals surface area contributed by atoms with Crippen LogP contribution in [-0.2, 0) is 18.4 Å². The number of benzene rings is 1. The lowest BCUT2D eigenvalue weighted by Gasteiger charge is -2.16. The Kier molecular flexibility index (Phi) is 7.74. The number of nitrogens with zero attached hydrogens (tertiary/aromatic N) is 2. The molecule has 132 valence electrons. The molecule has 1 aromatic carbocycles. The summed E-state index contributed by atoms with van der Waals surface area (Å²) in [6.45, 7) is 4.99. The van der Waals surface area contributed by atoms with Crippen LogP contribution in [0.1, 0.15) is 29.7 Å². The van der Waals surface area contributed by atoms with Gasteiger partial charge in [0, 0.05) is 30.9 Å². The third-order valence-electron chi connectivity index (χ3n) is 3.58. The van der Waals surface area contributed by atoms with Crippen LogP contribution in [0.5, 0.6) is 5.75 Å². The van der Waals surface area contributed by atoms with E-state index >= 15 is 0 Å². The van der Waals surface area contributed by atoms with Crippen LogP contribution in [-0.4, -0.2) is 29.3 Å². The minimum atomic E-state index is -0.426. The molecule has 1 atom stereocenters. The molecule has 0 radical (unpaired) electrons. The van der Waals surface area contributed by atoms with Gasteiger partial charge in [-0.05, 0) is 32.5 Å². The zero-order valence-corrected chi connectivity index (χ0v) is 15.3. The lowest BCUT2D eigenvalue weighted by atomic mass is 10.1. The number of ether oxygens (including phenoxy) is 1. The molecular weight excluding hydrogens is 328 g/mol. The Balaban J connectivity index is 0.00000288. The van der Waals surface area contributed by atoms with Crippen molar-refractivity contribution in [1.82, 2.24) is 20.4 Å². The lowest BCUT2D eigenvalue weighted by molar-refractivity contribution is -0.123. The number of likely N-dealkylation sites (N-methyl/N-ethyl adjacent to an activating group) is 1. The molecule has 0 saturated heterocycles. The molecule has 2 N–H and O–H groups in total. The van der Waals surface area contributed by atoms with E-state index in [1.54, 1.807) is 17.9 Å². The first-order valence-corrected chi connectivity index (χ1v) is 7.71. The van der Waals surface area contributed by atoms with Gasteiger partial charge in [0.2, 0.25) is 5.91 Å².